The van der Waals surface area contributed by atoms with Crippen LogP contribution in [0, 0.1) is 3.57 Å². The number of nitrogens with zero attached hydrogens (tertiary/aromatic N) is 1. The van der Waals surface area contributed by atoms with Crippen LogP contribution in [-0.2, 0) is 19.1 Å². The van der Waals surface area contributed by atoms with Crippen LogP contribution in [0.5, 0.6) is 11.5 Å². The van der Waals surface area contributed by atoms with Crippen LogP contribution in [0.15, 0.2) is 41.5 Å². The third kappa shape index (κ3) is 8.37. The molecule has 2 aromatic carbocycles. The fraction of sp³-hybridized carbons (Fsp3) is 0.304. The Labute approximate surface area is 220 Å². The topological polar surface area (TPSA) is 127 Å². The molecule has 0 unspecified atom stereocenters. The first-order valence-corrected chi connectivity index (χ1v) is 12.1. The van der Waals surface area contributed by atoms with Crippen LogP contribution in [0.3, 0.4) is 0 Å². The van der Waals surface area contributed by atoms with Gasteiger partial charge in [0.05, 0.1) is 23.0 Å². The maximum Gasteiger partial charge on any atom is 0.329 e. The lowest BCUT2D eigenvalue weighted by Gasteiger charge is -2.13. The van der Waals surface area contributed by atoms with Crippen molar-refractivity contribution in [3.63, 3.8) is 0 Å². The molecule has 35 heavy (non-hydrogen) atoms. The molecule has 0 aromatic heterocycles. The number of hydrogen-bond acceptors (Lipinski definition) is 7. The van der Waals surface area contributed by atoms with Crippen molar-refractivity contribution in [2.24, 2.45) is 5.10 Å². The highest BCUT2D eigenvalue weighted by Gasteiger charge is 2.19. The standard InChI is InChI=1S/C23H24ClIN4O6/c1-33-19-9-14(11-27-29-23(32)22(31)26-12-17-6-3-7-34-17)8-18(25)21(19)35-13-20(30)28-16-5-2-4-15(24)10-16/h2,4-5,8-11,17H,3,6-7,12-13H2,1H3,(H,26,31)(H,28,30)(H,29,32)/b27-11-/t17-/m0/s1. The number of benzene rings is 2. The van der Waals surface area contributed by atoms with Gasteiger partial charge in [0.25, 0.3) is 5.91 Å². The number of amides is 3. The SMILES string of the molecule is COc1cc(/C=N\NC(=O)C(=O)NC[C@@H]2CCCO2)cc(I)c1OCC(=O)Nc1cccc(Cl)c1. The Morgan fingerprint density at radius 3 is 2.80 bits per heavy atom. The number of carbonyl (C=O) groups excluding carboxylic acids is 3. The molecule has 0 bridgehead atoms. The number of halogens is 2. The predicted octanol–water partition coefficient (Wildman–Crippen LogP) is 2.72. The Morgan fingerprint density at radius 1 is 1.26 bits per heavy atom. The van der Waals surface area contributed by atoms with Gasteiger partial charge in [-0.05, 0) is 71.3 Å². The third-order valence-corrected chi connectivity index (χ3v) is 5.84. The van der Waals surface area contributed by atoms with Crippen molar-refractivity contribution in [3.05, 3.63) is 50.6 Å². The molecule has 0 aliphatic carbocycles. The van der Waals surface area contributed by atoms with Crippen LogP contribution in [-0.4, -0.2) is 56.9 Å². The van der Waals surface area contributed by atoms with Crippen molar-refractivity contribution in [2.75, 3.05) is 32.2 Å². The molecule has 1 fully saturated rings. The number of anilines is 1. The van der Waals surface area contributed by atoms with Gasteiger partial charge in [-0.2, -0.15) is 5.10 Å². The third-order valence-electron chi connectivity index (χ3n) is 4.81. The summed E-state index contributed by atoms with van der Waals surface area (Å²) in [6.45, 7) is 0.701. The Kier molecular flexibility index (Phi) is 10.1. The minimum absolute atomic E-state index is 0.0616. The van der Waals surface area contributed by atoms with Crippen LogP contribution in [0.25, 0.3) is 0 Å². The van der Waals surface area contributed by atoms with Gasteiger partial charge in [0.2, 0.25) is 0 Å². The van der Waals surface area contributed by atoms with Crippen molar-refractivity contribution >= 4 is 63.8 Å². The lowest BCUT2D eigenvalue weighted by molar-refractivity contribution is -0.139. The van der Waals surface area contributed by atoms with Crippen molar-refractivity contribution < 1.29 is 28.6 Å². The molecule has 1 atom stereocenters. The molecule has 0 spiro atoms. The monoisotopic (exact) mass is 614 g/mol. The molecule has 12 heteroatoms. The van der Waals surface area contributed by atoms with E-state index < -0.39 is 11.8 Å². The summed E-state index contributed by atoms with van der Waals surface area (Å²) in [7, 11) is 1.46. The first kappa shape index (κ1) is 26.7. The highest BCUT2D eigenvalue weighted by molar-refractivity contribution is 14.1. The van der Waals surface area contributed by atoms with E-state index in [1.165, 1.54) is 13.3 Å². The summed E-state index contributed by atoms with van der Waals surface area (Å²) < 4.78 is 17.1. The highest BCUT2D eigenvalue weighted by atomic mass is 127. The predicted molar refractivity (Wildman–Crippen MR) is 139 cm³/mol. The molecule has 1 aliphatic heterocycles. The van der Waals surface area contributed by atoms with E-state index in [1.54, 1.807) is 36.4 Å². The summed E-state index contributed by atoms with van der Waals surface area (Å²) in [5.74, 6) is -1.29. The van der Waals surface area contributed by atoms with Gasteiger partial charge in [0.15, 0.2) is 18.1 Å². The van der Waals surface area contributed by atoms with E-state index in [0.717, 1.165) is 12.8 Å². The maximum atomic E-state index is 12.2. The molecule has 3 amide bonds. The maximum absolute atomic E-state index is 12.2. The molecule has 1 aliphatic rings. The summed E-state index contributed by atoms with van der Waals surface area (Å²) in [6.07, 6.45) is 3.10. The fourth-order valence-electron chi connectivity index (χ4n) is 3.16. The number of hydrogen-bond donors (Lipinski definition) is 3. The minimum atomic E-state index is -0.883. The second kappa shape index (κ2) is 13.3. The Bertz CT molecular complexity index is 1110. The van der Waals surface area contributed by atoms with Gasteiger partial charge in [-0.1, -0.05) is 17.7 Å². The van der Waals surface area contributed by atoms with E-state index >= 15 is 0 Å². The van der Waals surface area contributed by atoms with Gasteiger partial charge in [-0.15, -0.1) is 0 Å². The van der Waals surface area contributed by atoms with Crippen molar-refractivity contribution in [3.8, 4) is 11.5 Å². The number of nitrogens with one attached hydrogen (secondary N) is 3. The first-order valence-electron chi connectivity index (χ1n) is 10.6. The van der Waals surface area contributed by atoms with Gasteiger partial charge in [-0.3, -0.25) is 14.4 Å². The van der Waals surface area contributed by atoms with Gasteiger partial charge in [0, 0.05) is 23.9 Å². The minimum Gasteiger partial charge on any atom is -0.493 e. The highest BCUT2D eigenvalue weighted by Crippen LogP contribution is 2.33. The van der Waals surface area contributed by atoms with Crippen molar-refractivity contribution in [2.45, 2.75) is 18.9 Å². The van der Waals surface area contributed by atoms with Gasteiger partial charge in [0.1, 0.15) is 0 Å². The second-order valence-electron chi connectivity index (χ2n) is 7.43. The average molecular weight is 615 g/mol. The Balaban J connectivity index is 1.53. The summed E-state index contributed by atoms with van der Waals surface area (Å²) >= 11 is 7.96. The summed E-state index contributed by atoms with van der Waals surface area (Å²) in [6, 6.07) is 10.1. The molecule has 3 N–H and O–H groups in total. The van der Waals surface area contributed by atoms with Crippen LogP contribution in [0.2, 0.25) is 5.02 Å². The Morgan fingerprint density at radius 2 is 2.09 bits per heavy atom. The van der Waals surface area contributed by atoms with E-state index in [2.05, 4.69) is 21.2 Å². The van der Waals surface area contributed by atoms with E-state index in [0.29, 0.717) is 37.9 Å². The first-order chi connectivity index (χ1) is 16.9. The number of hydrazone groups is 1. The summed E-state index contributed by atoms with van der Waals surface area (Å²) in [4.78, 5) is 36.0. The molecule has 1 saturated heterocycles. The van der Waals surface area contributed by atoms with Crippen molar-refractivity contribution in [1.82, 2.24) is 10.7 Å². The zero-order valence-electron chi connectivity index (χ0n) is 18.8. The molecular formula is C23H24ClIN4O6. The van der Waals surface area contributed by atoms with E-state index in [1.807, 2.05) is 22.6 Å². The molecule has 0 radical (unpaired) electrons. The molecule has 2 aromatic rings. The quantitative estimate of drug-likeness (QED) is 0.173. The van der Waals surface area contributed by atoms with Gasteiger partial charge in [-0.25, -0.2) is 5.43 Å². The number of ether oxygens (including phenoxy) is 3. The number of carbonyl (C=O) groups is 3. The van der Waals surface area contributed by atoms with Crippen molar-refractivity contribution in [1.29, 1.82) is 0 Å². The fourth-order valence-corrected chi connectivity index (χ4v) is 4.14. The summed E-state index contributed by atoms with van der Waals surface area (Å²) in [5, 5.41) is 9.56. The largest absolute Gasteiger partial charge is 0.493 e. The van der Waals surface area contributed by atoms with Crippen LogP contribution < -0.4 is 25.5 Å². The molecular weight excluding hydrogens is 591 g/mol. The average Bonchev–Trinajstić information content (AvgIpc) is 3.35. The smallest absolute Gasteiger partial charge is 0.329 e. The lowest BCUT2D eigenvalue weighted by Crippen LogP contribution is -2.41. The normalized spacial score (nSPS) is 15.0. The van der Waals surface area contributed by atoms with E-state index in [4.69, 9.17) is 25.8 Å². The van der Waals surface area contributed by atoms with Crippen LogP contribution in [0.1, 0.15) is 18.4 Å². The van der Waals surface area contributed by atoms with E-state index in [9.17, 15) is 14.4 Å². The molecule has 10 nitrogen and oxygen atoms in total. The zero-order chi connectivity index (χ0) is 25.2. The van der Waals surface area contributed by atoms with Gasteiger partial charge >= 0.3 is 11.8 Å². The molecule has 3 rings (SSSR count). The molecule has 1 heterocycles. The van der Waals surface area contributed by atoms with E-state index in [-0.39, 0.29) is 25.2 Å². The zero-order valence-corrected chi connectivity index (χ0v) is 21.7. The van der Waals surface area contributed by atoms with Crippen LogP contribution in [0.4, 0.5) is 5.69 Å². The number of rotatable bonds is 9. The van der Waals surface area contributed by atoms with Crippen LogP contribution >= 0.6 is 34.2 Å². The molecule has 186 valence electrons. The second-order valence-corrected chi connectivity index (χ2v) is 9.02. The van der Waals surface area contributed by atoms with Gasteiger partial charge < -0.3 is 24.8 Å². The molecule has 0 saturated carbocycles. The Hall–Kier alpha value is -2.90. The summed E-state index contributed by atoms with van der Waals surface area (Å²) in [5.41, 5.74) is 3.33. The lowest BCUT2D eigenvalue weighted by atomic mass is 10.2. The number of methoxy groups -OCH3 is 1.